The Kier molecular flexibility index (Phi) is 7.21. The minimum atomic E-state index is -0.378. The highest BCUT2D eigenvalue weighted by Crippen LogP contribution is 2.25. The van der Waals surface area contributed by atoms with Crippen LogP contribution in [0.2, 0.25) is 5.02 Å². The maximum absolute atomic E-state index is 12.8. The highest BCUT2D eigenvalue weighted by molar-refractivity contribution is 8.00. The summed E-state index contributed by atoms with van der Waals surface area (Å²) in [7, 11) is 1.74. The molecule has 1 aromatic carbocycles. The van der Waals surface area contributed by atoms with Gasteiger partial charge in [0, 0.05) is 18.6 Å². The standard InChI is InChI=1S/C20H22ClN3O3S2/c1-4-24-19(26)17-16(9-12-28-17)22-20(24)29-13(2)18(25)23(3)10-11-27-15-7-5-14(21)6-8-15/h5-9,12-13H,4,10-11H2,1-3H3. The molecule has 3 rings (SSSR count). The van der Waals surface area contributed by atoms with Crippen molar-refractivity contribution in [2.24, 2.45) is 0 Å². The molecule has 0 N–H and O–H groups in total. The lowest BCUT2D eigenvalue weighted by atomic mass is 10.3. The normalized spacial score (nSPS) is 12.1. The minimum absolute atomic E-state index is 0.0444. The lowest BCUT2D eigenvalue weighted by molar-refractivity contribution is -0.129. The zero-order valence-corrected chi connectivity index (χ0v) is 18.8. The number of hydrogen-bond acceptors (Lipinski definition) is 6. The van der Waals surface area contributed by atoms with Crippen LogP contribution in [0.25, 0.3) is 10.2 Å². The second-order valence-corrected chi connectivity index (χ2v) is 9.06. The van der Waals surface area contributed by atoms with Gasteiger partial charge in [0.05, 0.1) is 17.3 Å². The van der Waals surface area contributed by atoms with Gasteiger partial charge in [0.25, 0.3) is 5.56 Å². The van der Waals surface area contributed by atoms with Crippen molar-refractivity contribution in [3.05, 3.63) is 51.1 Å². The molecule has 0 saturated carbocycles. The van der Waals surface area contributed by atoms with E-state index in [1.807, 2.05) is 25.3 Å². The molecule has 0 aliphatic heterocycles. The van der Waals surface area contributed by atoms with Gasteiger partial charge in [0.15, 0.2) is 5.16 Å². The summed E-state index contributed by atoms with van der Waals surface area (Å²) in [6.07, 6.45) is 0. The summed E-state index contributed by atoms with van der Waals surface area (Å²) in [5.41, 5.74) is 0.621. The van der Waals surface area contributed by atoms with E-state index in [1.54, 1.807) is 40.8 Å². The van der Waals surface area contributed by atoms with Crippen molar-refractivity contribution in [3.8, 4) is 5.75 Å². The molecule has 2 heterocycles. The number of benzene rings is 1. The second-order valence-electron chi connectivity index (χ2n) is 6.40. The van der Waals surface area contributed by atoms with Crippen molar-refractivity contribution in [1.82, 2.24) is 14.5 Å². The Balaban J connectivity index is 1.61. The van der Waals surface area contributed by atoms with E-state index in [0.717, 1.165) is 0 Å². The number of likely N-dealkylation sites (N-methyl/N-ethyl adjacent to an activating group) is 1. The van der Waals surface area contributed by atoms with E-state index in [-0.39, 0.29) is 16.7 Å². The minimum Gasteiger partial charge on any atom is -0.492 e. The van der Waals surface area contributed by atoms with E-state index < -0.39 is 0 Å². The monoisotopic (exact) mass is 451 g/mol. The van der Waals surface area contributed by atoms with Crippen molar-refractivity contribution in [3.63, 3.8) is 0 Å². The Morgan fingerprint density at radius 2 is 2.07 bits per heavy atom. The summed E-state index contributed by atoms with van der Waals surface area (Å²) in [5, 5.41) is 2.69. The van der Waals surface area contributed by atoms with Gasteiger partial charge in [0.2, 0.25) is 5.91 Å². The molecule has 0 saturated heterocycles. The lowest BCUT2D eigenvalue weighted by Crippen LogP contribution is -2.36. The Labute approximate surface area is 182 Å². The molecular formula is C20H22ClN3O3S2. The fraction of sp³-hybridized carbons (Fsp3) is 0.350. The molecule has 6 nitrogen and oxygen atoms in total. The number of fused-ring (bicyclic) bond motifs is 1. The molecule has 3 aromatic rings. The zero-order chi connectivity index (χ0) is 21.0. The third kappa shape index (κ3) is 5.12. The number of nitrogens with zero attached hydrogens (tertiary/aromatic N) is 3. The number of carbonyl (C=O) groups excluding carboxylic acids is 1. The molecule has 0 aliphatic carbocycles. The maximum atomic E-state index is 12.8. The number of thiophene rings is 1. The largest absolute Gasteiger partial charge is 0.492 e. The first-order chi connectivity index (χ1) is 13.9. The number of ether oxygens (including phenoxy) is 1. The average Bonchev–Trinajstić information content (AvgIpc) is 3.18. The summed E-state index contributed by atoms with van der Waals surface area (Å²) in [5.74, 6) is 0.662. The predicted molar refractivity (Wildman–Crippen MR) is 119 cm³/mol. The van der Waals surface area contributed by atoms with Gasteiger partial charge in [-0.2, -0.15) is 0 Å². The van der Waals surface area contributed by atoms with Crippen molar-refractivity contribution >= 4 is 50.8 Å². The van der Waals surface area contributed by atoms with Crippen molar-refractivity contribution in [2.75, 3.05) is 20.2 Å². The first-order valence-corrected chi connectivity index (χ1v) is 11.3. The van der Waals surface area contributed by atoms with Gasteiger partial charge in [-0.1, -0.05) is 23.4 Å². The van der Waals surface area contributed by atoms with E-state index in [1.165, 1.54) is 23.1 Å². The van der Waals surface area contributed by atoms with Crippen LogP contribution < -0.4 is 10.3 Å². The van der Waals surface area contributed by atoms with Crippen LogP contribution in [-0.2, 0) is 11.3 Å². The van der Waals surface area contributed by atoms with Gasteiger partial charge < -0.3 is 9.64 Å². The lowest BCUT2D eigenvalue weighted by Gasteiger charge is -2.21. The fourth-order valence-corrected chi connectivity index (χ4v) is 4.74. The van der Waals surface area contributed by atoms with Crippen LogP contribution in [0, 0.1) is 0 Å². The smallest absolute Gasteiger partial charge is 0.272 e. The van der Waals surface area contributed by atoms with E-state index in [9.17, 15) is 9.59 Å². The first-order valence-electron chi connectivity index (χ1n) is 9.18. The highest BCUT2D eigenvalue weighted by atomic mass is 35.5. The van der Waals surface area contributed by atoms with Gasteiger partial charge in [-0.05, 0) is 49.6 Å². The van der Waals surface area contributed by atoms with Crippen LogP contribution in [-0.4, -0.2) is 45.8 Å². The Morgan fingerprint density at radius 3 is 2.76 bits per heavy atom. The van der Waals surface area contributed by atoms with Crippen molar-refractivity contribution in [1.29, 1.82) is 0 Å². The van der Waals surface area contributed by atoms with Crippen LogP contribution in [0.3, 0.4) is 0 Å². The predicted octanol–water partition coefficient (Wildman–Crippen LogP) is 4.15. The molecule has 2 aromatic heterocycles. The third-order valence-electron chi connectivity index (χ3n) is 4.36. The van der Waals surface area contributed by atoms with Crippen LogP contribution in [0.5, 0.6) is 5.75 Å². The Bertz CT molecular complexity index is 1050. The molecule has 0 radical (unpaired) electrons. The molecule has 0 fully saturated rings. The maximum Gasteiger partial charge on any atom is 0.272 e. The quantitative estimate of drug-likeness (QED) is 0.380. The SMILES string of the molecule is CCn1c(SC(C)C(=O)N(C)CCOc2ccc(Cl)cc2)nc2ccsc2c1=O. The first kappa shape index (κ1) is 21.7. The molecule has 0 aliphatic rings. The molecule has 0 bridgehead atoms. The van der Waals surface area contributed by atoms with Crippen molar-refractivity contribution in [2.45, 2.75) is 30.8 Å². The number of halogens is 1. The van der Waals surface area contributed by atoms with Crippen LogP contribution in [0.15, 0.2) is 45.7 Å². The summed E-state index contributed by atoms with van der Waals surface area (Å²) < 4.78 is 7.92. The third-order valence-corrected chi connectivity index (χ3v) is 6.58. The zero-order valence-electron chi connectivity index (χ0n) is 16.4. The molecule has 0 spiro atoms. The summed E-state index contributed by atoms with van der Waals surface area (Å²) in [4.78, 5) is 31.6. The number of carbonyl (C=O) groups is 1. The van der Waals surface area contributed by atoms with E-state index in [0.29, 0.717) is 45.8 Å². The van der Waals surface area contributed by atoms with Gasteiger partial charge in [-0.3, -0.25) is 14.2 Å². The Hall–Kier alpha value is -2.03. The molecular weight excluding hydrogens is 430 g/mol. The summed E-state index contributed by atoms with van der Waals surface area (Å²) in [6, 6.07) is 8.93. The fourth-order valence-electron chi connectivity index (χ4n) is 2.75. The van der Waals surface area contributed by atoms with Crippen LogP contribution >= 0.6 is 34.7 Å². The van der Waals surface area contributed by atoms with E-state index in [2.05, 4.69) is 4.98 Å². The van der Waals surface area contributed by atoms with Gasteiger partial charge in [0.1, 0.15) is 17.1 Å². The van der Waals surface area contributed by atoms with Crippen LogP contribution in [0.4, 0.5) is 0 Å². The second kappa shape index (κ2) is 9.65. The van der Waals surface area contributed by atoms with Gasteiger partial charge >= 0.3 is 0 Å². The number of amides is 1. The summed E-state index contributed by atoms with van der Waals surface area (Å²) >= 11 is 8.55. The summed E-state index contributed by atoms with van der Waals surface area (Å²) in [6.45, 7) is 5.06. The van der Waals surface area contributed by atoms with Gasteiger partial charge in [-0.15, -0.1) is 11.3 Å². The highest BCUT2D eigenvalue weighted by Gasteiger charge is 2.22. The molecule has 154 valence electrons. The average molecular weight is 452 g/mol. The van der Waals surface area contributed by atoms with Gasteiger partial charge in [-0.25, -0.2) is 4.98 Å². The Morgan fingerprint density at radius 1 is 1.34 bits per heavy atom. The molecule has 9 heteroatoms. The van der Waals surface area contributed by atoms with Crippen LogP contribution in [0.1, 0.15) is 13.8 Å². The number of hydrogen-bond donors (Lipinski definition) is 0. The molecule has 1 unspecified atom stereocenters. The number of thioether (sulfide) groups is 1. The van der Waals surface area contributed by atoms with E-state index in [4.69, 9.17) is 16.3 Å². The number of rotatable bonds is 8. The van der Waals surface area contributed by atoms with E-state index >= 15 is 0 Å². The molecule has 29 heavy (non-hydrogen) atoms. The molecule has 1 amide bonds. The van der Waals surface area contributed by atoms with Crippen molar-refractivity contribution < 1.29 is 9.53 Å². The number of aromatic nitrogens is 2. The topological polar surface area (TPSA) is 64.4 Å². The molecule has 1 atom stereocenters.